The third-order valence-electron chi connectivity index (χ3n) is 4.60. The number of amides is 1. The quantitative estimate of drug-likeness (QED) is 0.915. The molecule has 1 saturated heterocycles. The predicted octanol–water partition coefficient (Wildman–Crippen LogP) is 3.71. The minimum Gasteiger partial charge on any atom is -0.376 e. The second-order valence-electron chi connectivity index (χ2n) is 5.90. The van der Waals surface area contributed by atoms with Crippen molar-refractivity contribution in [1.29, 1.82) is 0 Å². The average Bonchev–Trinajstić information content (AvgIpc) is 2.90. The fraction of sp³-hybridized carbons (Fsp3) is 0.562. The van der Waals surface area contributed by atoms with Crippen molar-refractivity contribution < 1.29 is 9.53 Å². The summed E-state index contributed by atoms with van der Waals surface area (Å²) in [5.41, 5.74) is 0.407. The molecular formula is C16H19Cl2NO2. The Balaban J connectivity index is 1.74. The van der Waals surface area contributed by atoms with Crippen molar-refractivity contribution in [2.45, 2.75) is 43.6 Å². The van der Waals surface area contributed by atoms with Gasteiger partial charge in [0.1, 0.15) is 0 Å². The molecule has 0 radical (unpaired) electrons. The molecule has 0 spiro atoms. The van der Waals surface area contributed by atoms with E-state index >= 15 is 0 Å². The van der Waals surface area contributed by atoms with Crippen LogP contribution in [-0.2, 0) is 14.9 Å². The first-order chi connectivity index (χ1) is 10.1. The Bertz CT molecular complexity index is 537. The van der Waals surface area contributed by atoms with Crippen molar-refractivity contribution in [3.63, 3.8) is 0 Å². The van der Waals surface area contributed by atoms with Crippen LogP contribution in [0, 0.1) is 0 Å². The van der Waals surface area contributed by atoms with Crippen molar-refractivity contribution in [3.8, 4) is 0 Å². The third kappa shape index (κ3) is 2.92. The lowest BCUT2D eigenvalue weighted by Gasteiger charge is -2.41. The van der Waals surface area contributed by atoms with Crippen molar-refractivity contribution in [3.05, 3.63) is 33.8 Å². The van der Waals surface area contributed by atoms with Crippen molar-refractivity contribution in [2.75, 3.05) is 13.2 Å². The molecule has 1 aromatic rings. The molecule has 2 fully saturated rings. The smallest absolute Gasteiger partial charge is 0.230 e. The summed E-state index contributed by atoms with van der Waals surface area (Å²) in [5, 5.41) is 4.23. The van der Waals surface area contributed by atoms with Gasteiger partial charge in [-0.15, -0.1) is 0 Å². The van der Waals surface area contributed by atoms with Gasteiger partial charge in [-0.05, 0) is 43.4 Å². The molecule has 114 valence electrons. The van der Waals surface area contributed by atoms with E-state index in [1.807, 2.05) is 6.07 Å². The van der Waals surface area contributed by atoms with Gasteiger partial charge in [-0.3, -0.25) is 4.79 Å². The Labute approximate surface area is 135 Å². The normalized spacial score (nSPS) is 23.6. The topological polar surface area (TPSA) is 38.3 Å². The second-order valence-corrected chi connectivity index (χ2v) is 6.75. The number of ether oxygens (including phenoxy) is 1. The van der Waals surface area contributed by atoms with Crippen LogP contribution in [0.15, 0.2) is 18.2 Å². The van der Waals surface area contributed by atoms with Crippen molar-refractivity contribution in [2.24, 2.45) is 0 Å². The van der Waals surface area contributed by atoms with E-state index in [-0.39, 0.29) is 12.0 Å². The number of nitrogens with one attached hydrogen (secondary N) is 1. The predicted molar refractivity (Wildman–Crippen MR) is 84.0 cm³/mol. The summed E-state index contributed by atoms with van der Waals surface area (Å²) >= 11 is 12.3. The number of rotatable bonds is 4. The SMILES string of the molecule is O=C(NCC1CCCO1)C1(c2ccc(Cl)cc2Cl)CCC1. The maximum absolute atomic E-state index is 12.7. The first kappa shape index (κ1) is 15.1. The molecular weight excluding hydrogens is 309 g/mol. The average molecular weight is 328 g/mol. The highest BCUT2D eigenvalue weighted by Crippen LogP contribution is 2.47. The van der Waals surface area contributed by atoms with Crippen LogP contribution in [-0.4, -0.2) is 25.2 Å². The third-order valence-corrected chi connectivity index (χ3v) is 5.15. The molecule has 1 aliphatic carbocycles. The molecule has 2 aliphatic rings. The molecule has 1 aromatic carbocycles. The van der Waals surface area contributed by atoms with Gasteiger partial charge in [-0.25, -0.2) is 0 Å². The molecule has 21 heavy (non-hydrogen) atoms. The van der Waals surface area contributed by atoms with Crippen LogP contribution in [0.25, 0.3) is 0 Å². The first-order valence-electron chi connectivity index (χ1n) is 7.47. The first-order valence-corrected chi connectivity index (χ1v) is 8.23. The maximum atomic E-state index is 12.7. The summed E-state index contributed by atoms with van der Waals surface area (Å²) < 4.78 is 5.55. The minimum absolute atomic E-state index is 0.0634. The molecule has 3 rings (SSSR count). The zero-order chi connectivity index (χ0) is 14.9. The molecule has 1 atom stereocenters. The second kappa shape index (κ2) is 6.15. The lowest BCUT2D eigenvalue weighted by atomic mass is 9.63. The van der Waals surface area contributed by atoms with Crippen LogP contribution in [0.2, 0.25) is 10.0 Å². The monoisotopic (exact) mass is 327 g/mol. The van der Waals surface area contributed by atoms with Gasteiger partial charge in [-0.2, -0.15) is 0 Å². The van der Waals surface area contributed by atoms with Crippen molar-refractivity contribution >= 4 is 29.1 Å². The van der Waals surface area contributed by atoms with Gasteiger partial charge in [0.25, 0.3) is 0 Å². The number of benzene rings is 1. The van der Waals surface area contributed by atoms with E-state index in [0.29, 0.717) is 16.6 Å². The van der Waals surface area contributed by atoms with Crippen molar-refractivity contribution in [1.82, 2.24) is 5.32 Å². The van der Waals surface area contributed by atoms with Gasteiger partial charge in [0.2, 0.25) is 5.91 Å². The van der Waals surface area contributed by atoms with E-state index in [1.54, 1.807) is 12.1 Å². The minimum atomic E-state index is -0.486. The molecule has 0 aromatic heterocycles. The summed E-state index contributed by atoms with van der Waals surface area (Å²) in [6.45, 7) is 1.39. The van der Waals surface area contributed by atoms with Gasteiger partial charge in [0.15, 0.2) is 0 Å². The Morgan fingerprint density at radius 1 is 1.33 bits per heavy atom. The largest absolute Gasteiger partial charge is 0.376 e. The molecule has 3 nitrogen and oxygen atoms in total. The molecule has 1 aliphatic heterocycles. The summed E-state index contributed by atoms with van der Waals surface area (Å²) in [6.07, 6.45) is 4.99. The molecule has 1 heterocycles. The zero-order valence-corrected chi connectivity index (χ0v) is 13.3. The van der Waals surface area contributed by atoms with E-state index in [9.17, 15) is 4.79 Å². The number of halogens is 2. The molecule has 0 bridgehead atoms. The van der Waals surface area contributed by atoms with E-state index in [0.717, 1.165) is 44.3 Å². The highest BCUT2D eigenvalue weighted by atomic mass is 35.5. The molecule has 1 N–H and O–H groups in total. The standard InChI is InChI=1S/C16H19Cl2NO2/c17-11-4-5-13(14(18)9-11)16(6-2-7-16)15(20)19-10-12-3-1-8-21-12/h4-5,9,12H,1-3,6-8,10H2,(H,19,20). The number of hydrogen-bond acceptors (Lipinski definition) is 2. The number of carbonyl (C=O) groups is 1. The van der Waals surface area contributed by atoms with Gasteiger partial charge >= 0.3 is 0 Å². The number of carbonyl (C=O) groups excluding carboxylic acids is 1. The van der Waals surface area contributed by atoms with Crippen LogP contribution in [0.1, 0.15) is 37.7 Å². The highest BCUT2D eigenvalue weighted by molar-refractivity contribution is 6.35. The summed E-state index contributed by atoms with van der Waals surface area (Å²) in [5.74, 6) is 0.0634. The van der Waals surface area contributed by atoms with Crippen LogP contribution < -0.4 is 5.32 Å². The lowest BCUT2D eigenvalue weighted by molar-refractivity contribution is -0.130. The molecule has 1 saturated carbocycles. The Kier molecular flexibility index (Phi) is 4.43. The van der Waals surface area contributed by atoms with Crippen LogP contribution >= 0.6 is 23.2 Å². The van der Waals surface area contributed by atoms with Gasteiger partial charge in [0.05, 0.1) is 11.5 Å². The number of hydrogen-bond donors (Lipinski definition) is 1. The molecule has 1 unspecified atom stereocenters. The zero-order valence-electron chi connectivity index (χ0n) is 11.8. The lowest BCUT2D eigenvalue weighted by Crippen LogP contribution is -2.50. The fourth-order valence-electron chi connectivity index (χ4n) is 3.21. The summed E-state index contributed by atoms with van der Waals surface area (Å²) in [4.78, 5) is 12.7. The van der Waals surface area contributed by atoms with E-state index in [2.05, 4.69) is 5.32 Å². The van der Waals surface area contributed by atoms with Gasteiger partial charge < -0.3 is 10.1 Å². The van der Waals surface area contributed by atoms with Crippen LogP contribution in [0.4, 0.5) is 0 Å². The van der Waals surface area contributed by atoms with Gasteiger partial charge in [0, 0.05) is 23.2 Å². The Hall–Kier alpha value is -0.770. The van der Waals surface area contributed by atoms with Crippen LogP contribution in [0.3, 0.4) is 0 Å². The Morgan fingerprint density at radius 3 is 2.71 bits per heavy atom. The van der Waals surface area contributed by atoms with E-state index in [4.69, 9.17) is 27.9 Å². The van der Waals surface area contributed by atoms with Crippen LogP contribution in [0.5, 0.6) is 0 Å². The van der Waals surface area contributed by atoms with E-state index < -0.39 is 5.41 Å². The maximum Gasteiger partial charge on any atom is 0.230 e. The fourth-order valence-corrected chi connectivity index (χ4v) is 3.80. The molecule has 5 heteroatoms. The van der Waals surface area contributed by atoms with Gasteiger partial charge in [-0.1, -0.05) is 35.7 Å². The summed E-state index contributed by atoms with van der Waals surface area (Å²) in [6, 6.07) is 5.40. The Morgan fingerprint density at radius 2 is 2.14 bits per heavy atom. The van der Waals surface area contributed by atoms with E-state index in [1.165, 1.54) is 0 Å². The highest BCUT2D eigenvalue weighted by Gasteiger charge is 2.46. The molecule has 1 amide bonds. The summed E-state index contributed by atoms with van der Waals surface area (Å²) in [7, 11) is 0.